The first-order chi connectivity index (χ1) is 19.2. The topological polar surface area (TPSA) is 85.6 Å². The number of carbonyl (C=O) groups excluding carboxylic acids is 2. The van der Waals surface area contributed by atoms with Crippen LogP contribution in [-0.2, 0) is 17.3 Å². The van der Waals surface area contributed by atoms with E-state index in [9.17, 15) is 14.4 Å². The maximum Gasteiger partial charge on any atom is 0.295 e. The van der Waals surface area contributed by atoms with Gasteiger partial charge in [0.05, 0.1) is 23.6 Å². The van der Waals surface area contributed by atoms with Crippen molar-refractivity contribution in [2.24, 2.45) is 12.5 Å². The second kappa shape index (κ2) is 13.1. The molecule has 3 rings (SSSR count). The molecule has 0 aliphatic carbocycles. The van der Waals surface area contributed by atoms with Crippen molar-refractivity contribution in [3.63, 3.8) is 0 Å². The number of hydrogen-bond donors (Lipinski definition) is 1. The van der Waals surface area contributed by atoms with Crippen molar-refractivity contribution in [2.75, 3.05) is 32.6 Å². The van der Waals surface area contributed by atoms with Gasteiger partial charge in [0.1, 0.15) is 11.4 Å². The molecule has 0 saturated heterocycles. The first-order valence-electron chi connectivity index (χ1n) is 13.9. The molecule has 1 heterocycles. The highest BCUT2D eigenvalue weighted by Crippen LogP contribution is 2.33. The molecule has 1 amide bonds. The van der Waals surface area contributed by atoms with E-state index in [4.69, 9.17) is 16.3 Å². The van der Waals surface area contributed by atoms with Crippen LogP contribution in [0.1, 0.15) is 69.9 Å². The minimum atomic E-state index is -0.503. The highest BCUT2D eigenvalue weighted by Gasteiger charge is 2.34. The Labute approximate surface area is 248 Å². The quantitative estimate of drug-likeness (QED) is 0.247. The predicted molar refractivity (Wildman–Crippen MR) is 166 cm³/mol. The summed E-state index contributed by atoms with van der Waals surface area (Å²) in [7, 11) is 5.81. The third-order valence-electron chi connectivity index (χ3n) is 7.09. The summed E-state index contributed by atoms with van der Waals surface area (Å²) in [5.41, 5.74) is 0.942. The number of ketones is 1. The Morgan fingerprint density at radius 3 is 2.32 bits per heavy atom. The van der Waals surface area contributed by atoms with Crippen LogP contribution in [0.3, 0.4) is 0 Å². The van der Waals surface area contributed by atoms with Gasteiger partial charge in [-0.25, -0.2) is 4.68 Å². The normalized spacial score (nSPS) is 12.0. The molecule has 0 radical (unpaired) electrons. The lowest BCUT2D eigenvalue weighted by Crippen LogP contribution is -2.35. The van der Waals surface area contributed by atoms with E-state index in [0.29, 0.717) is 41.6 Å². The molecular formula is C32H43ClN4O4. The molecule has 1 aromatic heterocycles. The number of hydrogen-bond acceptors (Lipinski definition) is 5. The van der Waals surface area contributed by atoms with Gasteiger partial charge in [-0.3, -0.25) is 19.1 Å². The standard InChI is InChI=1S/C32H43ClN4O4/c1-9-41-26-16-15-22(33)19-24(26)25(38)17-18-31(2,3)20-27(39)34-28-29(32(4,5)21-35(6)7)36(8)37(30(28)40)23-13-11-10-12-14-23/h10-16,19H,9,17-18,20-21H2,1-8H3,(H,34,39). The van der Waals surface area contributed by atoms with Crippen molar-refractivity contribution < 1.29 is 14.3 Å². The van der Waals surface area contributed by atoms with Crippen molar-refractivity contribution in [1.82, 2.24) is 14.3 Å². The van der Waals surface area contributed by atoms with Gasteiger partial charge in [0.25, 0.3) is 5.56 Å². The number of nitrogens with one attached hydrogen (secondary N) is 1. The average molecular weight is 583 g/mol. The molecule has 0 spiro atoms. The van der Waals surface area contributed by atoms with E-state index in [-0.39, 0.29) is 35.8 Å². The Morgan fingerprint density at radius 2 is 1.71 bits per heavy atom. The van der Waals surface area contributed by atoms with Gasteiger partial charge in [0.2, 0.25) is 5.91 Å². The van der Waals surface area contributed by atoms with Crippen molar-refractivity contribution in [3.05, 3.63) is 75.2 Å². The summed E-state index contributed by atoms with van der Waals surface area (Å²) >= 11 is 6.14. The second-order valence-corrected chi connectivity index (χ2v) is 12.6. The first-order valence-corrected chi connectivity index (χ1v) is 14.3. The smallest absolute Gasteiger partial charge is 0.295 e. The summed E-state index contributed by atoms with van der Waals surface area (Å²) in [4.78, 5) is 42.4. The number of amides is 1. The molecule has 41 heavy (non-hydrogen) atoms. The first kappa shape index (κ1) is 32.2. The number of nitrogens with zero attached hydrogens (tertiary/aromatic N) is 3. The Bertz CT molecular complexity index is 1440. The van der Waals surface area contributed by atoms with Gasteiger partial charge >= 0.3 is 0 Å². The Balaban J connectivity index is 1.84. The Morgan fingerprint density at radius 1 is 1.05 bits per heavy atom. The SMILES string of the molecule is CCOc1ccc(Cl)cc1C(=O)CCC(C)(C)CC(=O)Nc1c(C(C)(C)CN(C)C)n(C)n(-c2ccccc2)c1=O. The largest absolute Gasteiger partial charge is 0.493 e. The summed E-state index contributed by atoms with van der Waals surface area (Å²) in [6.07, 6.45) is 0.842. The van der Waals surface area contributed by atoms with Crippen LogP contribution in [0.25, 0.3) is 5.69 Å². The van der Waals surface area contributed by atoms with Crippen LogP contribution in [0.4, 0.5) is 5.69 Å². The number of anilines is 1. The molecule has 0 fully saturated rings. The van der Waals surface area contributed by atoms with Crippen LogP contribution in [0.15, 0.2) is 53.3 Å². The zero-order valence-electron chi connectivity index (χ0n) is 25.5. The van der Waals surface area contributed by atoms with Gasteiger partial charge in [-0.05, 0) is 63.2 Å². The van der Waals surface area contributed by atoms with Crippen molar-refractivity contribution >= 4 is 29.0 Å². The van der Waals surface area contributed by atoms with E-state index < -0.39 is 10.8 Å². The monoisotopic (exact) mass is 582 g/mol. The van der Waals surface area contributed by atoms with Crippen LogP contribution in [0.5, 0.6) is 5.75 Å². The molecule has 1 N–H and O–H groups in total. The van der Waals surface area contributed by atoms with E-state index in [1.54, 1.807) is 22.9 Å². The summed E-state index contributed by atoms with van der Waals surface area (Å²) < 4.78 is 9.04. The van der Waals surface area contributed by atoms with Gasteiger partial charge < -0.3 is 15.0 Å². The molecule has 8 nitrogen and oxygen atoms in total. The average Bonchev–Trinajstić information content (AvgIpc) is 3.12. The molecule has 0 aliphatic rings. The van der Waals surface area contributed by atoms with Gasteiger partial charge in [-0.2, -0.15) is 0 Å². The lowest BCUT2D eigenvalue weighted by molar-refractivity contribution is -0.118. The minimum Gasteiger partial charge on any atom is -0.493 e. The maximum absolute atomic E-state index is 13.8. The number of Topliss-reactive ketones (excluding diaryl/α,β-unsaturated/α-hetero) is 1. The van der Waals surface area contributed by atoms with Gasteiger partial charge in [0.15, 0.2) is 5.78 Å². The third kappa shape index (κ3) is 7.89. The van der Waals surface area contributed by atoms with Crippen molar-refractivity contribution in [3.8, 4) is 11.4 Å². The fraction of sp³-hybridized carbons (Fsp3) is 0.469. The fourth-order valence-corrected chi connectivity index (χ4v) is 5.69. The van der Waals surface area contributed by atoms with Gasteiger partial charge in [-0.15, -0.1) is 0 Å². The van der Waals surface area contributed by atoms with Crippen molar-refractivity contribution in [1.29, 1.82) is 0 Å². The summed E-state index contributed by atoms with van der Waals surface area (Å²) in [6.45, 7) is 11.0. The molecule has 0 atom stereocenters. The molecule has 0 saturated carbocycles. The predicted octanol–water partition coefficient (Wildman–Crippen LogP) is 6.09. The number of para-hydroxylation sites is 1. The lowest BCUT2D eigenvalue weighted by atomic mass is 9.82. The minimum absolute atomic E-state index is 0.0917. The van der Waals surface area contributed by atoms with Crippen molar-refractivity contribution in [2.45, 2.75) is 59.3 Å². The number of rotatable bonds is 13. The number of carbonyl (C=O) groups is 2. The molecular weight excluding hydrogens is 540 g/mol. The second-order valence-electron chi connectivity index (χ2n) is 12.2. The zero-order valence-corrected chi connectivity index (χ0v) is 26.3. The molecule has 222 valence electrons. The number of likely N-dealkylation sites (N-methyl/N-ethyl adjacent to an activating group) is 1. The third-order valence-corrected chi connectivity index (χ3v) is 7.33. The van der Waals surface area contributed by atoms with Crippen LogP contribution >= 0.6 is 11.6 Å². The van der Waals surface area contributed by atoms with Gasteiger partial charge in [0, 0.05) is 36.9 Å². The van der Waals surface area contributed by atoms with E-state index in [1.165, 1.54) is 0 Å². The van der Waals surface area contributed by atoms with Gasteiger partial charge in [-0.1, -0.05) is 57.5 Å². The van der Waals surface area contributed by atoms with Crippen LogP contribution in [-0.4, -0.2) is 53.2 Å². The zero-order chi connectivity index (χ0) is 30.5. The molecule has 2 aromatic carbocycles. The number of halogens is 1. The molecule has 9 heteroatoms. The molecule has 0 bridgehead atoms. The molecule has 3 aromatic rings. The highest BCUT2D eigenvalue weighted by molar-refractivity contribution is 6.31. The molecule has 0 aliphatic heterocycles. The maximum atomic E-state index is 13.8. The number of benzene rings is 2. The number of ether oxygens (including phenoxy) is 1. The van der Waals surface area contributed by atoms with E-state index >= 15 is 0 Å². The summed E-state index contributed by atoms with van der Waals surface area (Å²) in [5, 5.41) is 3.43. The van der Waals surface area contributed by atoms with E-state index in [0.717, 1.165) is 5.69 Å². The fourth-order valence-electron chi connectivity index (χ4n) is 5.51. The van der Waals surface area contributed by atoms with Crippen LogP contribution in [0, 0.1) is 5.41 Å². The lowest BCUT2D eigenvalue weighted by Gasteiger charge is -2.30. The Kier molecular flexibility index (Phi) is 10.3. The number of aromatic nitrogens is 2. The molecule has 0 unspecified atom stereocenters. The summed E-state index contributed by atoms with van der Waals surface area (Å²) in [6, 6.07) is 14.4. The highest BCUT2D eigenvalue weighted by atomic mass is 35.5. The van der Waals surface area contributed by atoms with E-state index in [2.05, 4.69) is 24.1 Å². The Hall–Kier alpha value is -3.36. The van der Waals surface area contributed by atoms with Crippen LogP contribution < -0.4 is 15.6 Å². The summed E-state index contributed by atoms with van der Waals surface area (Å²) in [5.74, 6) is 0.139. The van der Waals surface area contributed by atoms with E-state index in [1.807, 2.05) is 76.9 Å². The van der Waals surface area contributed by atoms with Crippen LogP contribution in [0.2, 0.25) is 5.02 Å².